The lowest BCUT2D eigenvalue weighted by atomic mass is 10.1. The van der Waals surface area contributed by atoms with Gasteiger partial charge < -0.3 is 14.8 Å². The molecule has 6 nitrogen and oxygen atoms in total. The van der Waals surface area contributed by atoms with Gasteiger partial charge in [-0.05, 0) is 31.8 Å². The minimum absolute atomic E-state index is 0.0506. The first-order chi connectivity index (χ1) is 10.1. The Morgan fingerprint density at radius 3 is 2.81 bits per heavy atom. The number of hydrogen-bond donors (Lipinski definition) is 1. The maximum atomic E-state index is 12.2. The first kappa shape index (κ1) is 15.3. The van der Waals surface area contributed by atoms with Gasteiger partial charge in [0.05, 0.1) is 12.6 Å². The van der Waals surface area contributed by atoms with Gasteiger partial charge in [-0.15, -0.1) is 0 Å². The van der Waals surface area contributed by atoms with Crippen molar-refractivity contribution in [2.45, 2.75) is 25.8 Å². The smallest absolute Gasteiger partial charge is 0.246 e. The Morgan fingerprint density at radius 2 is 2.33 bits per heavy atom. The quantitative estimate of drug-likeness (QED) is 0.762. The van der Waals surface area contributed by atoms with Gasteiger partial charge in [0.25, 0.3) is 0 Å². The van der Waals surface area contributed by atoms with E-state index >= 15 is 0 Å². The van der Waals surface area contributed by atoms with E-state index in [0.29, 0.717) is 12.5 Å². The summed E-state index contributed by atoms with van der Waals surface area (Å²) in [4.78, 5) is 29.6. The number of likely N-dealkylation sites (N-methyl/N-ethyl adjacent to an activating group) is 1. The zero-order valence-electron chi connectivity index (χ0n) is 12.6. The van der Waals surface area contributed by atoms with Crippen LogP contribution in [0.25, 0.3) is 0 Å². The molecular weight excluding hydrogens is 268 g/mol. The Labute approximate surface area is 124 Å². The maximum Gasteiger partial charge on any atom is 0.246 e. The number of aromatic nitrogens is 2. The van der Waals surface area contributed by atoms with Crippen molar-refractivity contribution in [2.75, 3.05) is 13.1 Å². The van der Waals surface area contributed by atoms with Gasteiger partial charge in [-0.2, -0.15) is 0 Å². The van der Waals surface area contributed by atoms with E-state index in [1.54, 1.807) is 6.20 Å². The van der Waals surface area contributed by atoms with E-state index in [-0.39, 0.29) is 24.4 Å². The predicted molar refractivity (Wildman–Crippen MR) is 79.3 cm³/mol. The van der Waals surface area contributed by atoms with Gasteiger partial charge in [0.2, 0.25) is 11.8 Å². The fraction of sp³-hybridized carbons (Fsp3) is 0.533. The molecule has 114 valence electrons. The van der Waals surface area contributed by atoms with Crippen molar-refractivity contribution in [3.05, 3.63) is 30.9 Å². The van der Waals surface area contributed by atoms with Crippen LogP contribution in [0.5, 0.6) is 0 Å². The van der Waals surface area contributed by atoms with E-state index in [4.69, 9.17) is 0 Å². The molecule has 1 saturated carbocycles. The van der Waals surface area contributed by atoms with Crippen molar-refractivity contribution >= 4 is 11.8 Å². The van der Waals surface area contributed by atoms with Crippen LogP contribution >= 0.6 is 0 Å². The molecule has 6 heteroatoms. The lowest BCUT2D eigenvalue weighted by molar-refractivity contribution is -0.132. The van der Waals surface area contributed by atoms with Gasteiger partial charge >= 0.3 is 0 Å². The molecule has 1 atom stereocenters. The van der Waals surface area contributed by atoms with E-state index in [9.17, 15) is 9.59 Å². The second-order valence-corrected chi connectivity index (χ2v) is 5.34. The number of carbonyl (C=O) groups excluding carboxylic acids is 2. The highest BCUT2D eigenvalue weighted by atomic mass is 16.2. The molecule has 0 aliphatic heterocycles. The highest BCUT2D eigenvalue weighted by Gasteiger charge is 2.35. The molecule has 0 aromatic carbocycles. The van der Waals surface area contributed by atoms with Crippen LogP contribution in [0.1, 0.15) is 31.6 Å². The molecule has 1 N–H and O–H groups in total. The summed E-state index contributed by atoms with van der Waals surface area (Å²) in [6.45, 7) is 5.82. The van der Waals surface area contributed by atoms with Crippen molar-refractivity contribution in [2.24, 2.45) is 13.0 Å². The van der Waals surface area contributed by atoms with Crippen molar-refractivity contribution < 1.29 is 9.59 Å². The third-order valence-corrected chi connectivity index (χ3v) is 3.75. The first-order valence-electron chi connectivity index (χ1n) is 7.24. The van der Waals surface area contributed by atoms with E-state index in [1.165, 1.54) is 11.0 Å². The molecule has 0 bridgehead atoms. The van der Waals surface area contributed by atoms with Gasteiger partial charge in [-0.25, -0.2) is 4.98 Å². The summed E-state index contributed by atoms with van der Waals surface area (Å²) in [5, 5.41) is 3.02. The minimum atomic E-state index is -0.229. The molecule has 0 spiro atoms. The summed E-state index contributed by atoms with van der Waals surface area (Å²) in [7, 11) is 1.92. The van der Waals surface area contributed by atoms with Gasteiger partial charge in [-0.1, -0.05) is 6.58 Å². The fourth-order valence-corrected chi connectivity index (χ4v) is 2.37. The van der Waals surface area contributed by atoms with E-state index in [1.807, 2.05) is 24.7 Å². The largest absolute Gasteiger partial charge is 0.344 e. The second kappa shape index (κ2) is 6.56. The maximum absolute atomic E-state index is 12.2. The van der Waals surface area contributed by atoms with Crippen LogP contribution in [0, 0.1) is 5.92 Å². The Kier molecular flexibility index (Phi) is 4.77. The number of hydrogen-bond acceptors (Lipinski definition) is 3. The second-order valence-electron chi connectivity index (χ2n) is 5.34. The van der Waals surface area contributed by atoms with Gasteiger partial charge in [-0.3, -0.25) is 9.59 Å². The third-order valence-electron chi connectivity index (χ3n) is 3.75. The third kappa shape index (κ3) is 3.71. The highest BCUT2D eigenvalue weighted by molar-refractivity contribution is 5.90. The molecule has 0 radical (unpaired) electrons. The Hall–Kier alpha value is -2.11. The molecule has 1 aromatic rings. The average Bonchev–Trinajstić information content (AvgIpc) is 3.23. The topological polar surface area (TPSA) is 67.2 Å². The van der Waals surface area contributed by atoms with Crippen LogP contribution < -0.4 is 5.32 Å². The number of imidazole rings is 1. The number of nitrogens with one attached hydrogen (secondary N) is 1. The Balaban J connectivity index is 2.01. The summed E-state index contributed by atoms with van der Waals surface area (Å²) >= 11 is 0. The van der Waals surface area contributed by atoms with Crippen LogP contribution in [-0.4, -0.2) is 39.4 Å². The van der Waals surface area contributed by atoms with E-state index in [2.05, 4.69) is 16.9 Å². The molecule has 0 saturated heterocycles. The monoisotopic (exact) mass is 290 g/mol. The standard InChI is InChI=1S/C15H22N4O2/c1-4-13(21)19(5-2)10-12(20)17-14(11-6-7-11)15-16-8-9-18(15)3/h4,8-9,11,14H,1,5-7,10H2,2-3H3,(H,17,20). The summed E-state index contributed by atoms with van der Waals surface area (Å²) in [5.41, 5.74) is 0. The SMILES string of the molecule is C=CC(=O)N(CC)CC(=O)NC(c1nccn1C)C1CC1. The number of aryl methyl sites for hydroxylation is 1. The van der Waals surface area contributed by atoms with Gasteiger partial charge in [0.1, 0.15) is 5.82 Å². The number of carbonyl (C=O) groups is 2. The van der Waals surface area contributed by atoms with Crippen molar-refractivity contribution in [3.8, 4) is 0 Å². The molecule has 2 amide bonds. The lowest BCUT2D eigenvalue weighted by Crippen LogP contribution is -2.42. The molecule has 1 aromatic heterocycles. The highest BCUT2D eigenvalue weighted by Crippen LogP contribution is 2.40. The Bertz CT molecular complexity index is 534. The molecular formula is C15H22N4O2. The molecule has 1 aliphatic carbocycles. The zero-order chi connectivity index (χ0) is 15.4. The number of amides is 2. The molecule has 1 unspecified atom stereocenters. The van der Waals surface area contributed by atoms with Crippen LogP contribution in [0.2, 0.25) is 0 Å². The summed E-state index contributed by atoms with van der Waals surface area (Å²) < 4.78 is 1.93. The lowest BCUT2D eigenvalue weighted by Gasteiger charge is -2.22. The fourth-order valence-electron chi connectivity index (χ4n) is 2.37. The van der Waals surface area contributed by atoms with Crippen molar-refractivity contribution in [1.29, 1.82) is 0 Å². The first-order valence-corrected chi connectivity index (χ1v) is 7.24. The molecule has 1 fully saturated rings. The molecule has 2 rings (SSSR count). The summed E-state index contributed by atoms with van der Waals surface area (Å²) in [6.07, 6.45) is 7.03. The predicted octanol–water partition coefficient (Wildman–Crippen LogP) is 1.02. The van der Waals surface area contributed by atoms with Crippen molar-refractivity contribution in [3.63, 3.8) is 0 Å². The zero-order valence-corrected chi connectivity index (χ0v) is 12.6. The molecule has 1 aliphatic rings. The molecule has 21 heavy (non-hydrogen) atoms. The number of rotatable bonds is 7. The summed E-state index contributed by atoms with van der Waals surface area (Å²) in [5.74, 6) is 0.920. The average molecular weight is 290 g/mol. The van der Waals surface area contributed by atoms with Gasteiger partial charge in [0.15, 0.2) is 0 Å². The molecule has 1 heterocycles. The Morgan fingerprint density at radius 1 is 1.62 bits per heavy atom. The van der Waals surface area contributed by atoms with Crippen LogP contribution in [0.3, 0.4) is 0 Å². The van der Waals surface area contributed by atoms with Crippen LogP contribution in [0.4, 0.5) is 0 Å². The van der Waals surface area contributed by atoms with Gasteiger partial charge in [0, 0.05) is 26.0 Å². The van der Waals surface area contributed by atoms with Crippen LogP contribution in [-0.2, 0) is 16.6 Å². The van der Waals surface area contributed by atoms with Crippen LogP contribution in [0.15, 0.2) is 25.0 Å². The summed E-state index contributed by atoms with van der Waals surface area (Å²) in [6, 6.07) is -0.0740. The van der Waals surface area contributed by atoms with E-state index < -0.39 is 0 Å². The minimum Gasteiger partial charge on any atom is -0.344 e. The normalized spacial score (nSPS) is 15.3. The van der Waals surface area contributed by atoms with Crippen molar-refractivity contribution in [1.82, 2.24) is 19.8 Å². The number of nitrogens with zero attached hydrogens (tertiary/aromatic N) is 3. The van der Waals surface area contributed by atoms with E-state index in [0.717, 1.165) is 18.7 Å².